The van der Waals surface area contributed by atoms with E-state index in [2.05, 4.69) is 20.9 Å². The van der Waals surface area contributed by atoms with Gasteiger partial charge in [-0.25, -0.2) is 9.37 Å². The number of rotatable bonds is 1. The van der Waals surface area contributed by atoms with Crippen LogP contribution in [0.1, 0.15) is 25.3 Å². The zero-order chi connectivity index (χ0) is 8.43. The molecular weight excluding hydrogens is 209 g/mol. The van der Waals surface area contributed by atoms with Gasteiger partial charge in [0.2, 0.25) is 0 Å². The summed E-state index contributed by atoms with van der Waals surface area (Å²) in [6, 6.07) is 1.70. The Morgan fingerprint density at radius 2 is 2.18 bits per heavy atom. The molecule has 1 nitrogen and oxygen atoms in total. The highest BCUT2D eigenvalue weighted by atomic mass is 79.9. The van der Waals surface area contributed by atoms with Crippen LogP contribution in [0.3, 0.4) is 0 Å². The fourth-order valence-electron chi connectivity index (χ4n) is 0.878. The maximum absolute atomic E-state index is 13.1. The molecule has 0 bridgehead atoms. The highest BCUT2D eigenvalue weighted by molar-refractivity contribution is 9.10. The summed E-state index contributed by atoms with van der Waals surface area (Å²) in [6.07, 6.45) is 1.60. The highest BCUT2D eigenvalue weighted by Crippen LogP contribution is 2.22. The quantitative estimate of drug-likeness (QED) is 0.660. The topological polar surface area (TPSA) is 12.9 Å². The van der Waals surface area contributed by atoms with Crippen molar-refractivity contribution in [3.05, 3.63) is 28.2 Å². The zero-order valence-electron chi connectivity index (χ0n) is 6.44. The van der Waals surface area contributed by atoms with Crippen LogP contribution in [0.4, 0.5) is 4.39 Å². The largest absolute Gasteiger partial charge is 0.246 e. The van der Waals surface area contributed by atoms with Gasteiger partial charge in [0, 0.05) is 6.20 Å². The fraction of sp³-hybridized carbons (Fsp3) is 0.375. The first-order valence-electron chi connectivity index (χ1n) is 3.43. The van der Waals surface area contributed by atoms with Crippen molar-refractivity contribution in [2.45, 2.75) is 19.8 Å². The highest BCUT2D eigenvalue weighted by Gasteiger charge is 2.09. The number of hydrogen-bond donors (Lipinski definition) is 0. The van der Waals surface area contributed by atoms with Crippen molar-refractivity contribution in [1.82, 2.24) is 4.98 Å². The molecule has 0 saturated carbocycles. The van der Waals surface area contributed by atoms with Crippen molar-refractivity contribution in [3.8, 4) is 0 Å². The van der Waals surface area contributed by atoms with Crippen molar-refractivity contribution in [3.63, 3.8) is 0 Å². The fourth-order valence-corrected chi connectivity index (χ4v) is 1.22. The number of pyridine rings is 1. The van der Waals surface area contributed by atoms with Gasteiger partial charge in [0.05, 0.1) is 0 Å². The third-order valence-electron chi connectivity index (χ3n) is 1.50. The molecule has 0 spiro atoms. The van der Waals surface area contributed by atoms with E-state index in [-0.39, 0.29) is 11.7 Å². The first-order chi connectivity index (χ1) is 5.13. The molecule has 0 unspecified atom stereocenters. The second-order valence-corrected chi connectivity index (χ2v) is 3.41. The lowest BCUT2D eigenvalue weighted by Crippen LogP contribution is -1.94. The molecule has 0 fully saturated rings. The van der Waals surface area contributed by atoms with Crippen LogP contribution in [-0.4, -0.2) is 4.98 Å². The van der Waals surface area contributed by atoms with E-state index >= 15 is 0 Å². The van der Waals surface area contributed by atoms with Crippen LogP contribution in [0.25, 0.3) is 0 Å². The number of aromatic nitrogens is 1. The maximum Gasteiger partial charge on any atom is 0.159 e. The summed E-state index contributed by atoms with van der Waals surface area (Å²) in [7, 11) is 0. The van der Waals surface area contributed by atoms with E-state index in [1.807, 2.05) is 13.8 Å². The van der Waals surface area contributed by atoms with Crippen LogP contribution in [-0.2, 0) is 0 Å². The molecule has 0 aliphatic rings. The summed E-state index contributed by atoms with van der Waals surface area (Å²) >= 11 is 3.03. The van der Waals surface area contributed by atoms with Gasteiger partial charge in [-0.1, -0.05) is 13.8 Å². The van der Waals surface area contributed by atoms with Crippen molar-refractivity contribution in [1.29, 1.82) is 0 Å². The Hall–Kier alpha value is -0.440. The van der Waals surface area contributed by atoms with Gasteiger partial charge in [-0.2, -0.15) is 0 Å². The zero-order valence-corrected chi connectivity index (χ0v) is 8.02. The first-order valence-corrected chi connectivity index (χ1v) is 4.22. The van der Waals surface area contributed by atoms with Gasteiger partial charge in [-0.3, -0.25) is 0 Å². The summed E-state index contributed by atoms with van der Waals surface area (Å²) < 4.78 is 13.4. The molecule has 0 N–H and O–H groups in total. The molecule has 11 heavy (non-hydrogen) atoms. The van der Waals surface area contributed by atoms with Crippen LogP contribution < -0.4 is 0 Å². The number of hydrogen-bond acceptors (Lipinski definition) is 1. The third-order valence-corrected chi connectivity index (χ3v) is 2.05. The molecule has 1 aromatic heterocycles. The lowest BCUT2D eigenvalue weighted by molar-refractivity contribution is 0.584. The molecule has 1 aromatic rings. The Morgan fingerprint density at radius 3 is 2.64 bits per heavy atom. The van der Waals surface area contributed by atoms with Crippen molar-refractivity contribution < 1.29 is 4.39 Å². The second-order valence-electron chi connectivity index (χ2n) is 2.66. The molecular formula is C8H9BrFN. The minimum absolute atomic E-state index is 0.203. The van der Waals surface area contributed by atoms with E-state index in [0.29, 0.717) is 10.2 Å². The molecule has 0 atom stereocenters. The third kappa shape index (κ3) is 1.77. The summed E-state index contributed by atoms with van der Waals surface area (Å²) in [4.78, 5) is 3.76. The number of nitrogens with zero attached hydrogens (tertiary/aromatic N) is 1. The Labute approximate surface area is 73.8 Å². The smallest absolute Gasteiger partial charge is 0.159 e. The number of halogens is 2. The standard InChI is InChI=1S/C8H9BrFN/c1-5(2)6-3-4-11-8(9)7(6)10/h3-5H,1-2H3. The average molecular weight is 218 g/mol. The Balaban J connectivity index is 3.17. The molecule has 1 heterocycles. The molecule has 3 heteroatoms. The van der Waals surface area contributed by atoms with E-state index < -0.39 is 0 Å². The van der Waals surface area contributed by atoms with Gasteiger partial charge in [-0.15, -0.1) is 0 Å². The van der Waals surface area contributed by atoms with E-state index in [9.17, 15) is 4.39 Å². The van der Waals surface area contributed by atoms with E-state index in [1.54, 1.807) is 12.3 Å². The van der Waals surface area contributed by atoms with Crippen molar-refractivity contribution in [2.24, 2.45) is 0 Å². The van der Waals surface area contributed by atoms with Crippen LogP contribution in [0, 0.1) is 5.82 Å². The van der Waals surface area contributed by atoms with Crippen molar-refractivity contribution >= 4 is 15.9 Å². The normalized spacial score (nSPS) is 10.6. The Morgan fingerprint density at radius 1 is 1.55 bits per heavy atom. The molecule has 0 aliphatic carbocycles. The van der Waals surface area contributed by atoms with Gasteiger partial charge in [-0.05, 0) is 33.5 Å². The monoisotopic (exact) mass is 217 g/mol. The molecule has 0 radical (unpaired) electrons. The van der Waals surface area contributed by atoms with Gasteiger partial charge >= 0.3 is 0 Å². The average Bonchev–Trinajstić information content (AvgIpc) is 1.94. The summed E-state index contributed by atoms with van der Waals surface area (Å²) in [5, 5.41) is 0. The lowest BCUT2D eigenvalue weighted by Gasteiger charge is -2.06. The van der Waals surface area contributed by atoms with Crippen LogP contribution in [0.2, 0.25) is 0 Å². The molecule has 0 saturated heterocycles. The first kappa shape index (κ1) is 8.65. The van der Waals surface area contributed by atoms with Crippen LogP contribution in [0.5, 0.6) is 0 Å². The molecule has 0 aliphatic heterocycles. The molecule has 1 rings (SSSR count). The SMILES string of the molecule is CC(C)c1ccnc(Br)c1F. The second kappa shape index (κ2) is 3.30. The van der Waals surface area contributed by atoms with E-state index in [4.69, 9.17) is 0 Å². The van der Waals surface area contributed by atoms with Crippen LogP contribution >= 0.6 is 15.9 Å². The van der Waals surface area contributed by atoms with E-state index in [0.717, 1.165) is 0 Å². The maximum atomic E-state index is 13.1. The van der Waals surface area contributed by atoms with E-state index in [1.165, 1.54) is 0 Å². The Kier molecular flexibility index (Phi) is 2.60. The molecule has 0 amide bonds. The molecule has 60 valence electrons. The minimum atomic E-state index is -0.248. The Bertz CT molecular complexity index is 260. The minimum Gasteiger partial charge on any atom is -0.246 e. The molecule has 0 aromatic carbocycles. The van der Waals surface area contributed by atoms with Gasteiger partial charge < -0.3 is 0 Å². The van der Waals surface area contributed by atoms with Gasteiger partial charge in [0.1, 0.15) is 4.60 Å². The van der Waals surface area contributed by atoms with Gasteiger partial charge in [0.15, 0.2) is 5.82 Å². The van der Waals surface area contributed by atoms with Gasteiger partial charge in [0.25, 0.3) is 0 Å². The predicted octanol–water partition coefficient (Wildman–Crippen LogP) is 3.11. The van der Waals surface area contributed by atoms with Crippen LogP contribution in [0.15, 0.2) is 16.9 Å². The summed E-state index contributed by atoms with van der Waals surface area (Å²) in [5.41, 5.74) is 0.701. The summed E-state index contributed by atoms with van der Waals surface area (Å²) in [6.45, 7) is 3.90. The lowest BCUT2D eigenvalue weighted by atomic mass is 10.1. The summed E-state index contributed by atoms with van der Waals surface area (Å²) in [5.74, 6) is -0.0446. The van der Waals surface area contributed by atoms with Crippen molar-refractivity contribution in [2.75, 3.05) is 0 Å². The predicted molar refractivity (Wildman–Crippen MR) is 46.0 cm³/mol.